The summed E-state index contributed by atoms with van der Waals surface area (Å²) in [5.41, 5.74) is 5.50. The Morgan fingerprint density at radius 1 is 0.956 bits per heavy atom. The molecule has 2 aromatic heterocycles. The number of carbonyl (C=O) groups is 2. The standard InChI is InChI=1S/C35H37N3O6S/c1-8-42-33(40)25-10-14-27(15-11-25)37-21(5)18-26(23(37)7)19-29-32(39)38-31(24-12-16-28(17-13-24)44-20(3)4)30(34(41)43-9-2)22(6)36-35(38)45-29/h10-20,31H,8-9H2,1-7H3/t31-/m1/s1. The molecular formula is C35H37N3O6S. The van der Waals surface area contributed by atoms with E-state index in [9.17, 15) is 14.4 Å². The molecule has 5 rings (SSSR count). The van der Waals surface area contributed by atoms with Crippen LogP contribution < -0.4 is 19.6 Å². The number of rotatable bonds is 9. The van der Waals surface area contributed by atoms with Gasteiger partial charge in [0.05, 0.1) is 46.7 Å². The van der Waals surface area contributed by atoms with Gasteiger partial charge in [0.25, 0.3) is 5.56 Å². The van der Waals surface area contributed by atoms with E-state index < -0.39 is 12.0 Å². The number of hydrogen-bond acceptors (Lipinski definition) is 8. The molecule has 10 heteroatoms. The first-order chi connectivity index (χ1) is 21.5. The van der Waals surface area contributed by atoms with E-state index in [1.54, 1.807) is 37.5 Å². The molecule has 0 fully saturated rings. The van der Waals surface area contributed by atoms with Crippen LogP contribution in [0, 0.1) is 13.8 Å². The summed E-state index contributed by atoms with van der Waals surface area (Å²) in [7, 11) is 0. The third-order valence-corrected chi connectivity index (χ3v) is 8.46. The van der Waals surface area contributed by atoms with Crippen LogP contribution >= 0.6 is 11.3 Å². The molecule has 0 saturated heterocycles. The molecule has 45 heavy (non-hydrogen) atoms. The Morgan fingerprint density at radius 3 is 2.22 bits per heavy atom. The number of ether oxygens (including phenoxy) is 3. The molecule has 4 aromatic rings. The molecule has 2 aromatic carbocycles. The highest BCUT2D eigenvalue weighted by atomic mass is 32.1. The van der Waals surface area contributed by atoms with Gasteiger partial charge in [-0.05, 0) is 108 Å². The molecule has 0 bridgehead atoms. The fraction of sp³-hybridized carbons (Fsp3) is 0.314. The van der Waals surface area contributed by atoms with Crippen molar-refractivity contribution in [2.45, 2.75) is 60.6 Å². The lowest BCUT2D eigenvalue weighted by Gasteiger charge is -2.25. The minimum absolute atomic E-state index is 0.0108. The molecule has 0 saturated carbocycles. The van der Waals surface area contributed by atoms with E-state index in [0.29, 0.717) is 38.5 Å². The van der Waals surface area contributed by atoms with Gasteiger partial charge in [-0.1, -0.05) is 23.5 Å². The second-order valence-corrected chi connectivity index (χ2v) is 12.0. The molecular weight excluding hydrogens is 590 g/mol. The Bertz CT molecular complexity index is 1960. The van der Waals surface area contributed by atoms with E-state index in [-0.39, 0.29) is 24.2 Å². The predicted octanol–water partition coefficient (Wildman–Crippen LogP) is 5.17. The monoisotopic (exact) mass is 627 g/mol. The average Bonchev–Trinajstić information content (AvgIpc) is 3.46. The van der Waals surface area contributed by atoms with Crippen LogP contribution in [0.25, 0.3) is 11.8 Å². The van der Waals surface area contributed by atoms with Crippen LogP contribution in [-0.2, 0) is 14.3 Å². The van der Waals surface area contributed by atoms with Crippen LogP contribution in [0.3, 0.4) is 0 Å². The van der Waals surface area contributed by atoms with Gasteiger partial charge >= 0.3 is 11.9 Å². The van der Waals surface area contributed by atoms with Crippen molar-refractivity contribution >= 4 is 29.4 Å². The maximum absolute atomic E-state index is 14.1. The van der Waals surface area contributed by atoms with Crippen LogP contribution in [0.2, 0.25) is 0 Å². The van der Waals surface area contributed by atoms with Crippen molar-refractivity contribution in [1.29, 1.82) is 0 Å². The minimum atomic E-state index is -0.708. The highest BCUT2D eigenvalue weighted by Crippen LogP contribution is 2.32. The summed E-state index contributed by atoms with van der Waals surface area (Å²) in [6.45, 7) is 13.7. The Hall–Kier alpha value is -4.70. The maximum Gasteiger partial charge on any atom is 0.338 e. The Labute approximate surface area is 265 Å². The van der Waals surface area contributed by atoms with Gasteiger partial charge in [0.1, 0.15) is 5.75 Å². The van der Waals surface area contributed by atoms with Gasteiger partial charge in [-0.25, -0.2) is 14.6 Å². The number of esters is 2. The molecule has 1 aliphatic rings. The number of benzene rings is 2. The van der Waals surface area contributed by atoms with Crippen LogP contribution in [0.4, 0.5) is 0 Å². The van der Waals surface area contributed by atoms with Crippen molar-refractivity contribution in [3.63, 3.8) is 0 Å². The molecule has 3 heterocycles. The summed E-state index contributed by atoms with van der Waals surface area (Å²) in [5.74, 6) is -0.163. The van der Waals surface area contributed by atoms with Crippen LogP contribution in [-0.4, -0.2) is 40.4 Å². The summed E-state index contributed by atoms with van der Waals surface area (Å²) >= 11 is 1.28. The minimum Gasteiger partial charge on any atom is -0.491 e. The van der Waals surface area contributed by atoms with Gasteiger partial charge in [-0.3, -0.25) is 9.36 Å². The summed E-state index contributed by atoms with van der Waals surface area (Å²) in [6.07, 6.45) is 1.88. The van der Waals surface area contributed by atoms with Crippen LogP contribution in [0.1, 0.15) is 73.5 Å². The summed E-state index contributed by atoms with van der Waals surface area (Å²) in [5, 5.41) is 0. The number of fused-ring (bicyclic) bond motifs is 1. The van der Waals surface area contributed by atoms with Crippen molar-refractivity contribution in [1.82, 2.24) is 9.13 Å². The van der Waals surface area contributed by atoms with E-state index >= 15 is 0 Å². The number of allylic oxidation sites excluding steroid dienone is 1. The summed E-state index contributed by atoms with van der Waals surface area (Å²) in [6, 6.07) is 16.0. The quantitative estimate of drug-likeness (QED) is 0.238. The molecule has 9 nitrogen and oxygen atoms in total. The van der Waals surface area contributed by atoms with Gasteiger partial charge in [-0.15, -0.1) is 0 Å². The zero-order chi connectivity index (χ0) is 32.4. The third kappa shape index (κ3) is 6.28. The largest absolute Gasteiger partial charge is 0.491 e. The van der Waals surface area contributed by atoms with E-state index in [2.05, 4.69) is 9.56 Å². The highest BCUT2D eigenvalue weighted by molar-refractivity contribution is 7.07. The zero-order valence-corrected chi connectivity index (χ0v) is 27.4. The van der Waals surface area contributed by atoms with Crippen LogP contribution in [0.15, 0.2) is 75.7 Å². The van der Waals surface area contributed by atoms with Crippen LogP contribution in [0.5, 0.6) is 5.75 Å². The highest BCUT2D eigenvalue weighted by Gasteiger charge is 2.33. The molecule has 0 N–H and O–H groups in total. The second-order valence-electron chi connectivity index (χ2n) is 11.0. The number of aryl methyl sites for hydroxylation is 1. The number of aromatic nitrogens is 2. The first-order valence-corrected chi connectivity index (χ1v) is 15.8. The SMILES string of the molecule is CCOC(=O)C1=C(C)N=c2sc(=Cc3cc(C)n(-c4ccc(C(=O)OCC)cc4)c3C)c(=O)n2[C@@H]1c1ccc(OC(C)C)cc1. The molecule has 0 unspecified atom stereocenters. The lowest BCUT2D eigenvalue weighted by molar-refractivity contribution is -0.139. The van der Waals surface area contributed by atoms with Crippen molar-refractivity contribution in [3.8, 4) is 11.4 Å². The van der Waals surface area contributed by atoms with Crippen molar-refractivity contribution in [2.75, 3.05) is 13.2 Å². The Morgan fingerprint density at radius 2 is 1.60 bits per heavy atom. The average molecular weight is 628 g/mol. The van der Waals surface area contributed by atoms with Gasteiger partial charge in [0.2, 0.25) is 0 Å². The molecule has 1 atom stereocenters. The molecule has 0 spiro atoms. The number of hydrogen-bond donors (Lipinski definition) is 0. The van der Waals surface area contributed by atoms with Gasteiger partial charge in [0.15, 0.2) is 4.80 Å². The third-order valence-electron chi connectivity index (χ3n) is 7.48. The maximum atomic E-state index is 14.1. The van der Waals surface area contributed by atoms with Crippen molar-refractivity contribution < 1.29 is 23.8 Å². The lowest BCUT2D eigenvalue weighted by atomic mass is 9.96. The second kappa shape index (κ2) is 13.1. The number of thiazole rings is 1. The Balaban J connectivity index is 1.60. The van der Waals surface area contributed by atoms with E-state index in [4.69, 9.17) is 14.2 Å². The van der Waals surface area contributed by atoms with E-state index in [1.165, 1.54) is 11.3 Å². The first-order valence-electron chi connectivity index (χ1n) is 15.0. The molecule has 0 amide bonds. The molecule has 234 valence electrons. The summed E-state index contributed by atoms with van der Waals surface area (Å²) < 4.78 is 20.5. The first kappa shape index (κ1) is 31.7. The van der Waals surface area contributed by atoms with Crippen molar-refractivity contribution in [2.24, 2.45) is 4.99 Å². The van der Waals surface area contributed by atoms with E-state index in [1.807, 2.05) is 76.2 Å². The topological polar surface area (TPSA) is 101 Å². The zero-order valence-electron chi connectivity index (χ0n) is 26.5. The number of nitrogens with zero attached hydrogens (tertiary/aromatic N) is 3. The molecule has 0 aliphatic carbocycles. The van der Waals surface area contributed by atoms with Gasteiger partial charge in [0, 0.05) is 17.1 Å². The molecule has 1 aliphatic heterocycles. The fourth-order valence-electron chi connectivity index (χ4n) is 5.54. The smallest absolute Gasteiger partial charge is 0.338 e. The normalized spacial score (nSPS) is 14.8. The van der Waals surface area contributed by atoms with Crippen molar-refractivity contribution in [3.05, 3.63) is 114 Å². The van der Waals surface area contributed by atoms with Gasteiger partial charge in [-0.2, -0.15) is 0 Å². The fourth-order valence-corrected chi connectivity index (χ4v) is 6.58. The van der Waals surface area contributed by atoms with E-state index in [0.717, 1.165) is 28.2 Å². The van der Waals surface area contributed by atoms with Gasteiger partial charge < -0.3 is 18.8 Å². The summed E-state index contributed by atoms with van der Waals surface area (Å²) in [4.78, 5) is 44.6. The molecule has 0 radical (unpaired) electrons. The predicted molar refractivity (Wildman–Crippen MR) is 174 cm³/mol. The lowest BCUT2D eigenvalue weighted by Crippen LogP contribution is -2.39. The number of carbonyl (C=O) groups excluding carboxylic acids is 2. The Kier molecular flexibility index (Phi) is 9.24.